The summed E-state index contributed by atoms with van der Waals surface area (Å²) in [5, 5.41) is 7.12. The second-order valence-corrected chi connectivity index (χ2v) is 7.96. The highest BCUT2D eigenvalue weighted by Crippen LogP contribution is 2.23. The first-order valence-corrected chi connectivity index (χ1v) is 10.9. The Labute approximate surface area is 204 Å². The Morgan fingerprint density at radius 2 is 1.64 bits per heavy atom. The number of carbonyl (C=O) groups excluding carboxylic acids is 2. The molecule has 1 saturated heterocycles. The number of aliphatic carboxylic acids is 1. The van der Waals surface area contributed by atoms with E-state index in [0.29, 0.717) is 5.56 Å². The third-order valence-corrected chi connectivity index (χ3v) is 5.71. The zero-order chi connectivity index (χ0) is 26.3. The number of benzene rings is 1. The molecule has 0 bridgehead atoms. The summed E-state index contributed by atoms with van der Waals surface area (Å²) in [6.07, 6.45) is 1.63. The van der Waals surface area contributed by atoms with Gasteiger partial charge in [-0.1, -0.05) is 30.3 Å². The summed E-state index contributed by atoms with van der Waals surface area (Å²) in [6, 6.07) is 13.0. The maximum Gasteiger partial charge on any atom is 0.490 e. The summed E-state index contributed by atoms with van der Waals surface area (Å²) in [4.78, 5) is 49.9. The molecule has 0 unspecified atom stereocenters. The number of piperidine rings is 1. The number of carboxylic acids is 1. The molecule has 0 saturated carbocycles. The quantitative estimate of drug-likeness (QED) is 0.512. The highest BCUT2D eigenvalue weighted by atomic mass is 19.4. The Kier molecular flexibility index (Phi) is 8.41. The second kappa shape index (κ2) is 11.5. The summed E-state index contributed by atoms with van der Waals surface area (Å²) in [5.41, 5.74) is 2.08. The molecule has 0 atom stereocenters. The molecular weight excluding hydrogens is 479 g/mol. The predicted octanol–water partition coefficient (Wildman–Crippen LogP) is 3.41. The molecule has 0 aliphatic carbocycles. The van der Waals surface area contributed by atoms with Crippen molar-refractivity contribution in [1.29, 1.82) is 0 Å². The van der Waals surface area contributed by atoms with Crippen molar-refractivity contribution in [1.82, 2.24) is 19.9 Å². The number of pyridine rings is 1. The number of hydrogen-bond donors (Lipinski definition) is 2. The van der Waals surface area contributed by atoms with Crippen molar-refractivity contribution in [2.24, 2.45) is 0 Å². The van der Waals surface area contributed by atoms with E-state index in [1.54, 1.807) is 48.6 Å². The molecular formula is C24H24F3N5O4. The van der Waals surface area contributed by atoms with Crippen LogP contribution in [0.2, 0.25) is 0 Å². The average molecular weight is 503 g/mol. The number of imidazole rings is 1. The number of carboxylic acid groups (broad SMARTS) is 1. The van der Waals surface area contributed by atoms with Crippen LogP contribution in [0.5, 0.6) is 0 Å². The molecule has 2 N–H and O–H groups in total. The van der Waals surface area contributed by atoms with E-state index in [-0.39, 0.29) is 29.1 Å². The van der Waals surface area contributed by atoms with E-state index in [4.69, 9.17) is 9.90 Å². The number of halogens is 3. The fourth-order valence-electron chi connectivity index (χ4n) is 3.76. The molecule has 3 heterocycles. The topological polar surface area (TPSA) is 119 Å². The molecule has 1 aliphatic rings. The second-order valence-electron chi connectivity index (χ2n) is 7.96. The number of H-pyrrole nitrogens is 1. The third kappa shape index (κ3) is 6.46. The number of nitrogens with zero attached hydrogens (tertiary/aromatic N) is 4. The van der Waals surface area contributed by atoms with E-state index < -0.39 is 12.1 Å². The lowest BCUT2D eigenvalue weighted by Crippen LogP contribution is -2.46. The van der Waals surface area contributed by atoms with Gasteiger partial charge in [-0.25, -0.2) is 9.78 Å². The minimum atomic E-state index is -5.08. The number of rotatable bonds is 5. The smallest absolute Gasteiger partial charge is 0.475 e. The first kappa shape index (κ1) is 26.4. The highest BCUT2D eigenvalue weighted by Gasteiger charge is 2.38. The fraction of sp³-hybridized carbons (Fsp3) is 0.292. The molecule has 3 aromatic rings. The van der Waals surface area contributed by atoms with Crippen molar-refractivity contribution in [3.8, 4) is 0 Å². The van der Waals surface area contributed by atoms with Crippen LogP contribution in [-0.4, -0.2) is 75.0 Å². The molecule has 0 spiro atoms. The van der Waals surface area contributed by atoms with E-state index in [2.05, 4.69) is 19.9 Å². The van der Waals surface area contributed by atoms with Crippen molar-refractivity contribution in [2.75, 3.05) is 25.0 Å². The van der Waals surface area contributed by atoms with Gasteiger partial charge >= 0.3 is 12.1 Å². The monoisotopic (exact) mass is 503 g/mol. The molecule has 190 valence electrons. The van der Waals surface area contributed by atoms with Crippen molar-refractivity contribution < 1.29 is 32.7 Å². The predicted molar refractivity (Wildman–Crippen MR) is 124 cm³/mol. The van der Waals surface area contributed by atoms with E-state index in [9.17, 15) is 22.8 Å². The van der Waals surface area contributed by atoms with Crippen LogP contribution in [0.4, 0.5) is 18.9 Å². The van der Waals surface area contributed by atoms with Gasteiger partial charge in [-0.05, 0) is 25.0 Å². The number of nitrogens with one attached hydrogen (secondary N) is 1. The summed E-state index contributed by atoms with van der Waals surface area (Å²) < 4.78 is 31.7. The number of aromatic amines is 1. The van der Waals surface area contributed by atoms with Gasteiger partial charge in [0.05, 0.1) is 6.33 Å². The number of ketones is 1. The van der Waals surface area contributed by atoms with Crippen molar-refractivity contribution >= 4 is 23.3 Å². The van der Waals surface area contributed by atoms with Gasteiger partial charge in [-0.15, -0.1) is 0 Å². The Morgan fingerprint density at radius 1 is 1.06 bits per heavy atom. The van der Waals surface area contributed by atoms with Crippen LogP contribution in [0.25, 0.3) is 0 Å². The normalized spacial score (nSPS) is 13.9. The Balaban J connectivity index is 0.000000454. The van der Waals surface area contributed by atoms with Gasteiger partial charge in [-0.2, -0.15) is 13.2 Å². The van der Waals surface area contributed by atoms with E-state index >= 15 is 0 Å². The molecule has 1 aliphatic heterocycles. The number of alkyl halides is 3. The lowest BCUT2D eigenvalue weighted by Gasteiger charge is -2.37. The van der Waals surface area contributed by atoms with Gasteiger partial charge in [0.15, 0.2) is 0 Å². The van der Waals surface area contributed by atoms with Crippen LogP contribution in [0.15, 0.2) is 61.2 Å². The molecule has 9 nitrogen and oxygen atoms in total. The number of aromatic nitrogens is 3. The standard InChI is InChI=1S/C22H23N5O2.C2HF3O2/c1-26(17-9-13-27(14-10-17)18-7-11-23-12-8-18)22(29)20-19(24-15-25-20)21(28)16-5-3-2-4-6-16;3-2(4,5)1(6)7/h2-8,11-12,15,17H,9-10,13-14H2,1H3,(H,24,25);(H,6,7). The Morgan fingerprint density at radius 3 is 2.19 bits per heavy atom. The van der Waals surface area contributed by atoms with Crippen molar-refractivity contribution in [3.05, 3.63) is 78.1 Å². The molecule has 2 aromatic heterocycles. The number of amides is 1. The number of hydrogen-bond acceptors (Lipinski definition) is 6. The molecule has 4 rings (SSSR count). The third-order valence-electron chi connectivity index (χ3n) is 5.71. The van der Waals surface area contributed by atoms with E-state index in [0.717, 1.165) is 31.6 Å². The zero-order valence-corrected chi connectivity index (χ0v) is 19.3. The molecule has 1 aromatic carbocycles. The Bertz CT molecular complexity index is 1180. The van der Waals surface area contributed by atoms with Crippen LogP contribution in [-0.2, 0) is 4.79 Å². The van der Waals surface area contributed by atoms with Gasteiger partial charge in [0.2, 0.25) is 5.78 Å². The maximum atomic E-state index is 13.1. The maximum absolute atomic E-state index is 13.1. The highest BCUT2D eigenvalue weighted by molar-refractivity contribution is 6.13. The SMILES string of the molecule is CN(C(=O)c1[nH]cnc1C(=O)c1ccccc1)C1CCN(c2ccncc2)CC1.O=C(O)C(F)(F)F. The summed E-state index contributed by atoms with van der Waals surface area (Å²) >= 11 is 0. The van der Waals surface area contributed by atoms with Crippen LogP contribution < -0.4 is 4.90 Å². The van der Waals surface area contributed by atoms with Gasteiger partial charge in [0.25, 0.3) is 5.91 Å². The van der Waals surface area contributed by atoms with Gasteiger partial charge in [0.1, 0.15) is 11.4 Å². The lowest BCUT2D eigenvalue weighted by molar-refractivity contribution is -0.192. The first-order valence-electron chi connectivity index (χ1n) is 10.9. The molecule has 12 heteroatoms. The largest absolute Gasteiger partial charge is 0.490 e. The summed E-state index contributed by atoms with van der Waals surface area (Å²) in [5.74, 6) is -3.22. The van der Waals surface area contributed by atoms with Crippen molar-refractivity contribution in [2.45, 2.75) is 25.1 Å². The molecule has 36 heavy (non-hydrogen) atoms. The summed E-state index contributed by atoms with van der Waals surface area (Å²) in [7, 11) is 1.80. The molecule has 1 amide bonds. The van der Waals surface area contributed by atoms with Crippen LogP contribution >= 0.6 is 0 Å². The van der Waals surface area contributed by atoms with Crippen LogP contribution in [0.1, 0.15) is 39.4 Å². The van der Waals surface area contributed by atoms with Crippen LogP contribution in [0, 0.1) is 0 Å². The summed E-state index contributed by atoms with van der Waals surface area (Å²) in [6.45, 7) is 1.73. The Hall–Kier alpha value is -4.22. The van der Waals surface area contributed by atoms with Crippen molar-refractivity contribution in [3.63, 3.8) is 0 Å². The average Bonchev–Trinajstić information content (AvgIpc) is 3.38. The van der Waals surface area contributed by atoms with Gasteiger partial charge in [-0.3, -0.25) is 14.6 Å². The molecule has 0 radical (unpaired) electrons. The lowest BCUT2D eigenvalue weighted by atomic mass is 10.0. The zero-order valence-electron chi connectivity index (χ0n) is 19.3. The minimum Gasteiger partial charge on any atom is -0.475 e. The number of carbonyl (C=O) groups is 3. The van der Waals surface area contributed by atoms with E-state index in [1.165, 1.54) is 6.33 Å². The fourth-order valence-corrected chi connectivity index (χ4v) is 3.76. The number of anilines is 1. The first-order chi connectivity index (χ1) is 17.1. The van der Waals surface area contributed by atoms with E-state index in [1.807, 2.05) is 18.2 Å². The van der Waals surface area contributed by atoms with Crippen LogP contribution in [0.3, 0.4) is 0 Å². The van der Waals surface area contributed by atoms with Gasteiger partial charge in [0, 0.05) is 49.8 Å². The van der Waals surface area contributed by atoms with Gasteiger partial charge < -0.3 is 19.9 Å². The molecule has 1 fully saturated rings. The minimum absolute atomic E-state index is 0.114.